The van der Waals surface area contributed by atoms with Crippen molar-refractivity contribution in [2.45, 2.75) is 26.3 Å². The molecule has 2 aliphatic rings. The highest BCUT2D eigenvalue weighted by atomic mass is 127. The van der Waals surface area contributed by atoms with Crippen LogP contribution in [-0.2, 0) is 11.3 Å². The number of hydrogen-bond acceptors (Lipinski definition) is 4. The SMILES string of the molecule is CCNC(=NCc1coc(-c2ccccc2)n1)N1CCC2(CCOC2)C1.I. The smallest absolute Gasteiger partial charge is 0.226 e. The van der Waals surface area contributed by atoms with E-state index in [1.165, 1.54) is 6.42 Å². The minimum absolute atomic E-state index is 0. The molecule has 2 aromatic rings. The molecule has 0 radical (unpaired) electrons. The summed E-state index contributed by atoms with van der Waals surface area (Å²) in [6, 6.07) is 9.94. The first-order chi connectivity index (χ1) is 12.8. The molecule has 1 aromatic heterocycles. The second kappa shape index (κ2) is 9.05. The Bertz CT molecular complexity index is 756. The third kappa shape index (κ3) is 4.63. The maximum Gasteiger partial charge on any atom is 0.226 e. The van der Waals surface area contributed by atoms with E-state index in [1.54, 1.807) is 6.26 Å². The van der Waals surface area contributed by atoms with Crippen LogP contribution in [0.4, 0.5) is 0 Å². The van der Waals surface area contributed by atoms with Gasteiger partial charge in [-0.25, -0.2) is 9.98 Å². The van der Waals surface area contributed by atoms with E-state index in [-0.39, 0.29) is 24.0 Å². The number of oxazole rings is 1. The van der Waals surface area contributed by atoms with Crippen LogP contribution in [0, 0.1) is 5.41 Å². The molecule has 0 saturated carbocycles. The molecule has 6 nitrogen and oxygen atoms in total. The number of ether oxygens (including phenoxy) is 1. The lowest BCUT2D eigenvalue weighted by atomic mass is 9.87. The summed E-state index contributed by atoms with van der Waals surface area (Å²) >= 11 is 0. The van der Waals surface area contributed by atoms with E-state index in [2.05, 4.69) is 22.1 Å². The predicted molar refractivity (Wildman–Crippen MR) is 116 cm³/mol. The Kier molecular flexibility index (Phi) is 6.75. The Morgan fingerprint density at radius 1 is 1.30 bits per heavy atom. The van der Waals surface area contributed by atoms with Crippen molar-refractivity contribution in [3.63, 3.8) is 0 Å². The van der Waals surface area contributed by atoms with Gasteiger partial charge in [-0.05, 0) is 31.9 Å². The first kappa shape index (κ1) is 20.1. The van der Waals surface area contributed by atoms with Gasteiger partial charge in [-0.15, -0.1) is 24.0 Å². The Morgan fingerprint density at radius 3 is 2.89 bits per heavy atom. The maximum atomic E-state index is 5.64. The van der Waals surface area contributed by atoms with Crippen LogP contribution in [0.2, 0.25) is 0 Å². The van der Waals surface area contributed by atoms with Gasteiger partial charge in [-0.2, -0.15) is 0 Å². The lowest BCUT2D eigenvalue weighted by Gasteiger charge is -2.24. The number of aliphatic imine (C=N–C) groups is 1. The predicted octanol–water partition coefficient (Wildman–Crippen LogP) is 3.54. The van der Waals surface area contributed by atoms with Crippen molar-refractivity contribution in [2.24, 2.45) is 10.4 Å². The van der Waals surface area contributed by atoms with Crippen LogP contribution in [-0.4, -0.2) is 48.7 Å². The number of nitrogens with one attached hydrogen (secondary N) is 1. The van der Waals surface area contributed by atoms with Gasteiger partial charge in [0.15, 0.2) is 5.96 Å². The molecule has 1 spiro atoms. The summed E-state index contributed by atoms with van der Waals surface area (Å²) in [6.07, 6.45) is 4.04. The van der Waals surface area contributed by atoms with Gasteiger partial charge in [-0.1, -0.05) is 18.2 Å². The molecule has 0 aliphatic carbocycles. The van der Waals surface area contributed by atoms with Crippen LogP contribution in [0.15, 0.2) is 46.0 Å². The van der Waals surface area contributed by atoms with Crippen LogP contribution >= 0.6 is 24.0 Å². The normalized spacial score (nSPS) is 22.3. The fraction of sp³-hybridized carbons (Fsp3) is 0.500. The van der Waals surface area contributed by atoms with Crippen LogP contribution in [0.5, 0.6) is 0 Å². The van der Waals surface area contributed by atoms with Crippen molar-refractivity contribution in [3.8, 4) is 11.5 Å². The van der Waals surface area contributed by atoms with Gasteiger partial charge in [0.1, 0.15) is 12.0 Å². The third-order valence-corrected chi connectivity index (χ3v) is 5.22. The van der Waals surface area contributed by atoms with Crippen molar-refractivity contribution in [1.82, 2.24) is 15.2 Å². The molecule has 7 heteroatoms. The average Bonchev–Trinajstić information content (AvgIpc) is 3.42. The highest BCUT2D eigenvalue weighted by Gasteiger charge is 2.42. The lowest BCUT2D eigenvalue weighted by molar-refractivity contribution is 0.156. The minimum Gasteiger partial charge on any atom is -0.444 e. The Morgan fingerprint density at radius 2 is 2.15 bits per heavy atom. The summed E-state index contributed by atoms with van der Waals surface area (Å²) in [5.74, 6) is 1.60. The standard InChI is InChI=1S/C20H26N4O2.HI/c1-2-21-19(24-10-8-20(14-24)9-11-25-15-20)22-12-17-13-26-18(23-17)16-6-4-3-5-7-16;/h3-7,13H,2,8-12,14-15H2,1H3,(H,21,22);1H. The fourth-order valence-electron chi connectivity index (χ4n) is 3.76. The average molecular weight is 482 g/mol. The maximum absolute atomic E-state index is 5.64. The summed E-state index contributed by atoms with van der Waals surface area (Å²) in [5, 5.41) is 3.42. The van der Waals surface area contributed by atoms with Crippen molar-refractivity contribution in [1.29, 1.82) is 0 Å². The summed E-state index contributed by atoms with van der Waals surface area (Å²) < 4.78 is 11.2. The zero-order chi connectivity index (χ0) is 17.8. The molecule has 1 unspecified atom stereocenters. The quantitative estimate of drug-likeness (QED) is 0.411. The summed E-state index contributed by atoms with van der Waals surface area (Å²) in [6.45, 7) is 7.29. The third-order valence-electron chi connectivity index (χ3n) is 5.22. The van der Waals surface area contributed by atoms with E-state index in [0.29, 0.717) is 17.9 Å². The first-order valence-electron chi connectivity index (χ1n) is 9.39. The van der Waals surface area contributed by atoms with Crippen LogP contribution in [0.1, 0.15) is 25.5 Å². The van der Waals surface area contributed by atoms with Gasteiger partial charge < -0.3 is 19.4 Å². The van der Waals surface area contributed by atoms with Crippen molar-refractivity contribution >= 4 is 29.9 Å². The minimum atomic E-state index is 0. The molecule has 4 rings (SSSR count). The molecule has 1 atom stereocenters. The van der Waals surface area contributed by atoms with Crippen LogP contribution < -0.4 is 5.32 Å². The zero-order valence-corrected chi connectivity index (χ0v) is 18.0. The number of aromatic nitrogens is 1. The summed E-state index contributed by atoms with van der Waals surface area (Å²) in [4.78, 5) is 11.7. The number of benzene rings is 1. The molecule has 0 amide bonds. The van der Waals surface area contributed by atoms with Crippen molar-refractivity contribution in [2.75, 3.05) is 32.8 Å². The highest BCUT2D eigenvalue weighted by molar-refractivity contribution is 14.0. The molecule has 0 bridgehead atoms. The van der Waals surface area contributed by atoms with Crippen LogP contribution in [0.3, 0.4) is 0 Å². The lowest BCUT2D eigenvalue weighted by Crippen LogP contribution is -2.41. The van der Waals surface area contributed by atoms with Gasteiger partial charge in [0.2, 0.25) is 5.89 Å². The monoisotopic (exact) mass is 482 g/mol. The number of likely N-dealkylation sites (tertiary alicyclic amines) is 1. The molecule has 146 valence electrons. The van der Waals surface area contributed by atoms with E-state index >= 15 is 0 Å². The fourth-order valence-corrected chi connectivity index (χ4v) is 3.76. The molecule has 2 aliphatic heterocycles. The Hall–Kier alpha value is -1.61. The van der Waals surface area contributed by atoms with E-state index in [0.717, 1.165) is 56.5 Å². The molecule has 1 aromatic carbocycles. The second-order valence-electron chi connectivity index (χ2n) is 7.15. The number of hydrogen-bond donors (Lipinski definition) is 1. The summed E-state index contributed by atoms with van der Waals surface area (Å²) in [5.41, 5.74) is 2.15. The molecular formula is C20H27IN4O2. The molecule has 2 saturated heterocycles. The van der Waals surface area contributed by atoms with Gasteiger partial charge in [0.05, 0.1) is 13.2 Å². The Balaban J connectivity index is 0.00000210. The molecule has 27 heavy (non-hydrogen) atoms. The van der Waals surface area contributed by atoms with E-state index in [4.69, 9.17) is 14.1 Å². The van der Waals surface area contributed by atoms with Crippen molar-refractivity contribution in [3.05, 3.63) is 42.3 Å². The van der Waals surface area contributed by atoms with E-state index in [1.807, 2.05) is 30.3 Å². The molecule has 2 fully saturated rings. The van der Waals surface area contributed by atoms with Gasteiger partial charge in [0, 0.05) is 37.2 Å². The first-order valence-corrected chi connectivity index (χ1v) is 9.39. The summed E-state index contributed by atoms with van der Waals surface area (Å²) in [7, 11) is 0. The number of guanidine groups is 1. The highest BCUT2D eigenvalue weighted by Crippen LogP contribution is 2.38. The largest absolute Gasteiger partial charge is 0.444 e. The zero-order valence-electron chi connectivity index (χ0n) is 15.7. The molecular weight excluding hydrogens is 455 g/mol. The van der Waals surface area contributed by atoms with E-state index in [9.17, 15) is 0 Å². The number of nitrogens with zero attached hydrogens (tertiary/aromatic N) is 3. The molecule has 1 N–H and O–H groups in total. The van der Waals surface area contributed by atoms with Crippen molar-refractivity contribution < 1.29 is 9.15 Å². The topological polar surface area (TPSA) is 62.9 Å². The van der Waals surface area contributed by atoms with E-state index < -0.39 is 0 Å². The Labute approximate surface area is 177 Å². The van der Waals surface area contributed by atoms with Gasteiger partial charge in [0.25, 0.3) is 0 Å². The van der Waals surface area contributed by atoms with Gasteiger partial charge in [-0.3, -0.25) is 0 Å². The number of rotatable bonds is 4. The van der Waals surface area contributed by atoms with Crippen LogP contribution in [0.25, 0.3) is 11.5 Å². The second-order valence-corrected chi connectivity index (χ2v) is 7.15. The van der Waals surface area contributed by atoms with Gasteiger partial charge >= 0.3 is 0 Å². The molecule has 3 heterocycles. The number of halogens is 1.